The van der Waals surface area contributed by atoms with Crippen molar-refractivity contribution in [1.82, 2.24) is 10.2 Å². The number of carbonyl (C=O) groups is 2. The third-order valence-corrected chi connectivity index (χ3v) is 5.15. The van der Waals surface area contributed by atoms with E-state index < -0.39 is 0 Å². The van der Waals surface area contributed by atoms with E-state index in [9.17, 15) is 9.59 Å². The minimum Gasteiger partial charge on any atom is -0.336 e. The Hall–Kier alpha value is -2.34. The van der Waals surface area contributed by atoms with Crippen molar-refractivity contribution < 1.29 is 9.59 Å². The molecular formula is C19H23N3O2S. The van der Waals surface area contributed by atoms with E-state index >= 15 is 0 Å². The second kappa shape index (κ2) is 7.70. The molecule has 3 amide bonds. The molecule has 0 spiro atoms. The molecule has 1 aromatic heterocycles. The van der Waals surface area contributed by atoms with Crippen LogP contribution >= 0.6 is 11.3 Å². The van der Waals surface area contributed by atoms with Crippen LogP contribution in [0.15, 0.2) is 41.8 Å². The van der Waals surface area contributed by atoms with Gasteiger partial charge in [-0.2, -0.15) is 0 Å². The smallest absolute Gasteiger partial charge is 0.319 e. The van der Waals surface area contributed by atoms with Crippen molar-refractivity contribution in [2.75, 3.05) is 11.9 Å². The van der Waals surface area contributed by atoms with Gasteiger partial charge in [0.1, 0.15) is 0 Å². The van der Waals surface area contributed by atoms with E-state index in [2.05, 4.69) is 16.7 Å². The normalized spacial score (nSPS) is 16.9. The molecule has 25 heavy (non-hydrogen) atoms. The molecule has 0 aliphatic carbocycles. The zero-order chi connectivity index (χ0) is 17.8. The highest BCUT2D eigenvalue weighted by Crippen LogP contribution is 2.35. The molecule has 1 fully saturated rings. The SMILES string of the molecule is CC(C)NC(=O)Nc1cccc(C(=O)N2CCCC2c2cccs2)c1. The Morgan fingerprint density at radius 1 is 1.24 bits per heavy atom. The van der Waals surface area contributed by atoms with Gasteiger partial charge in [-0.1, -0.05) is 12.1 Å². The second-order valence-electron chi connectivity index (χ2n) is 6.51. The average Bonchev–Trinajstić information content (AvgIpc) is 3.24. The molecule has 2 heterocycles. The number of hydrogen-bond acceptors (Lipinski definition) is 3. The number of rotatable bonds is 4. The Kier molecular flexibility index (Phi) is 5.38. The highest BCUT2D eigenvalue weighted by Gasteiger charge is 2.31. The minimum absolute atomic E-state index is 0.0174. The van der Waals surface area contributed by atoms with E-state index in [-0.39, 0.29) is 24.0 Å². The van der Waals surface area contributed by atoms with Gasteiger partial charge in [-0.15, -0.1) is 11.3 Å². The molecule has 1 unspecified atom stereocenters. The van der Waals surface area contributed by atoms with E-state index in [1.165, 1.54) is 4.88 Å². The second-order valence-corrected chi connectivity index (χ2v) is 7.49. The first-order valence-corrected chi connectivity index (χ1v) is 9.44. The highest BCUT2D eigenvalue weighted by molar-refractivity contribution is 7.10. The molecular weight excluding hydrogens is 334 g/mol. The summed E-state index contributed by atoms with van der Waals surface area (Å²) in [7, 11) is 0. The summed E-state index contributed by atoms with van der Waals surface area (Å²) in [4.78, 5) is 28.0. The fraction of sp³-hybridized carbons (Fsp3) is 0.368. The summed E-state index contributed by atoms with van der Waals surface area (Å²) >= 11 is 1.69. The number of carbonyl (C=O) groups excluding carboxylic acids is 2. The Labute approximate surface area is 152 Å². The lowest BCUT2D eigenvalue weighted by atomic mass is 10.1. The van der Waals surface area contributed by atoms with Crippen LogP contribution in [0.3, 0.4) is 0 Å². The van der Waals surface area contributed by atoms with Gasteiger partial charge in [0.05, 0.1) is 6.04 Å². The van der Waals surface area contributed by atoms with Gasteiger partial charge in [0.15, 0.2) is 0 Å². The summed E-state index contributed by atoms with van der Waals surface area (Å²) in [6.07, 6.45) is 2.02. The van der Waals surface area contributed by atoms with Gasteiger partial charge in [-0.25, -0.2) is 4.79 Å². The Balaban J connectivity index is 1.74. The van der Waals surface area contributed by atoms with Gasteiger partial charge in [-0.3, -0.25) is 4.79 Å². The van der Waals surface area contributed by atoms with E-state index in [0.29, 0.717) is 11.3 Å². The predicted octanol–water partition coefficient (Wildman–Crippen LogP) is 4.26. The van der Waals surface area contributed by atoms with Crippen molar-refractivity contribution >= 4 is 29.0 Å². The molecule has 1 aliphatic heterocycles. The molecule has 2 aromatic rings. The van der Waals surface area contributed by atoms with E-state index in [4.69, 9.17) is 0 Å². The molecule has 0 bridgehead atoms. The Morgan fingerprint density at radius 3 is 2.80 bits per heavy atom. The maximum absolute atomic E-state index is 13.0. The number of benzene rings is 1. The van der Waals surface area contributed by atoms with Crippen LogP contribution in [-0.4, -0.2) is 29.4 Å². The van der Waals surface area contributed by atoms with Gasteiger partial charge in [0, 0.05) is 28.7 Å². The fourth-order valence-corrected chi connectivity index (χ4v) is 3.99. The number of nitrogens with one attached hydrogen (secondary N) is 2. The molecule has 6 heteroatoms. The van der Waals surface area contributed by atoms with Gasteiger partial charge in [0.2, 0.25) is 0 Å². The number of hydrogen-bond donors (Lipinski definition) is 2. The largest absolute Gasteiger partial charge is 0.336 e. The lowest BCUT2D eigenvalue weighted by Gasteiger charge is -2.24. The maximum Gasteiger partial charge on any atom is 0.319 e. The van der Waals surface area contributed by atoms with E-state index in [0.717, 1.165) is 19.4 Å². The van der Waals surface area contributed by atoms with Crippen LogP contribution in [0.4, 0.5) is 10.5 Å². The van der Waals surface area contributed by atoms with Crippen LogP contribution in [0, 0.1) is 0 Å². The number of anilines is 1. The summed E-state index contributed by atoms with van der Waals surface area (Å²) in [5.74, 6) is 0.0174. The van der Waals surface area contributed by atoms with Crippen molar-refractivity contribution in [1.29, 1.82) is 0 Å². The van der Waals surface area contributed by atoms with Crippen LogP contribution in [-0.2, 0) is 0 Å². The Bertz CT molecular complexity index is 743. The third kappa shape index (κ3) is 4.20. The zero-order valence-electron chi connectivity index (χ0n) is 14.5. The van der Waals surface area contributed by atoms with Crippen LogP contribution in [0.1, 0.15) is 48.0 Å². The average molecular weight is 357 g/mol. The molecule has 132 valence electrons. The minimum atomic E-state index is -0.266. The fourth-order valence-electron chi connectivity index (χ4n) is 3.11. The lowest BCUT2D eigenvalue weighted by molar-refractivity contribution is 0.0738. The van der Waals surface area contributed by atoms with Gasteiger partial charge >= 0.3 is 6.03 Å². The number of nitrogens with zero attached hydrogens (tertiary/aromatic N) is 1. The molecule has 1 saturated heterocycles. The van der Waals surface area contributed by atoms with Crippen LogP contribution < -0.4 is 10.6 Å². The van der Waals surface area contributed by atoms with Gasteiger partial charge in [0.25, 0.3) is 5.91 Å². The molecule has 1 aliphatic rings. The summed E-state index contributed by atoms with van der Waals surface area (Å²) in [5, 5.41) is 7.61. The third-order valence-electron chi connectivity index (χ3n) is 4.17. The van der Waals surface area contributed by atoms with Crippen molar-refractivity contribution in [3.63, 3.8) is 0 Å². The summed E-state index contributed by atoms with van der Waals surface area (Å²) in [5.41, 5.74) is 1.22. The first-order chi connectivity index (χ1) is 12.0. The number of thiophene rings is 1. The van der Waals surface area contributed by atoms with Crippen molar-refractivity contribution in [3.05, 3.63) is 52.2 Å². The highest BCUT2D eigenvalue weighted by atomic mass is 32.1. The quantitative estimate of drug-likeness (QED) is 0.859. The molecule has 2 N–H and O–H groups in total. The molecule has 1 atom stereocenters. The van der Waals surface area contributed by atoms with Crippen LogP contribution in [0.2, 0.25) is 0 Å². The topological polar surface area (TPSA) is 61.4 Å². The van der Waals surface area contributed by atoms with Crippen LogP contribution in [0.5, 0.6) is 0 Å². The summed E-state index contributed by atoms with van der Waals surface area (Å²) in [6.45, 7) is 4.57. The summed E-state index contributed by atoms with van der Waals surface area (Å²) in [6, 6.07) is 11.2. The number of amides is 3. The van der Waals surface area contributed by atoms with Gasteiger partial charge in [-0.05, 0) is 56.3 Å². The monoisotopic (exact) mass is 357 g/mol. The first kappa shape index (κ1) is 17.5. The molecule has 3 rings (SSSR count). The molecule has 0 radical (unpaired) electrons. The summed E-state index contributed by atoms with van der Waals surface area (Å²) < 4.78 is 0. The maximum atomic E-state index is 13.0. The van der Waals surface area contributed by atoms with E-state index in [1.54, 1.807) is 35.6 Å². The molecule has 5 nitrogen and oxygen atoms in total. The van der Waals surface area contributed by atoms with Crippen molar-refractivity contribution in [2.24, 2.45) is 0 Å². The van der Waals surface area contributed by atoms with E-state index in [1.807, 2.05) is 30.2 Å². The van der Waals surface area contributed by atoms with Crippen molar-refractivity contribution in [2.45, 2.75) is 38.8 Å². The van der Waals surface area contributed by atoms with Crippen LogP contribution in [0.25, 0.3) is 0 Å². The van der Waals surface area contributed by atoms with Crippen molar-refractivity contribution in [3.8, 4) is 0 Å². The number of likely N-dealkylation sites (tertiary alicyclic amines) is 1. The predicted molar refractivity (Wildman–Crippen MR) is 101 cm³/mol. The lowest BCUT2D eigenvalue weighted by Crippen LogP contribution is -2.34. The Morgan fingerprint density at radius 2 is 2.08 bits per heavy atom. The standard InChI is InChI=1S/C19H23N3O2S/c1-13(2)20-19(24)21-15-7-3-6-14(12-15)18(23)22-10-4-8-16(22)17-9-5-11-25-17/h3,5-7,9,11-13,16H,4,8,10H2,1-2H3,(H2,20,21,24). The first-order valence-electron chi connectivity index (χ1n) is 8.56. The van der Waals surface area contributed by atoms with Gasteiger partial charge < -0.3 is 15.5 Å². The molecule has 0 saturated carbocycles. The zero-order valence-corrected chi connectivity index (χ0v) is 15.3. The molecule has 1 aromatic carbocycles. The number of urea groups is 1.